The molecule has 0 aliphatic rings. The fourth-order valence-electron chi connectivity index (χ4n) is 1.94. The molecule has 0 atom stereocenters. The van der Waals surface area contributed by atoms with E-state index in [1.807, 2.05) is 18.2 Å². The Labute approximate surface area is 130 Å². The van der Waals surface area contributed by atoms with Crippen molar-refractivity contribution in [1.82, 2.24) is 15.3 Å². The lowest BCUT2D eigenvalue weighted by atomic mass is 10.2. The average Bonchev–Trinajstić information content (AvgIpc) is 2.89. The van der Waals surface area contributed by atoms with E-state index in [9.17, 15) is 4.79 Å². The Morgan fingerprint density at radius 1 is 1.24 bits per heavy atom. The summed E-state index contributed by atoms with van der Waals surface area (Å²) in [5, 5.41) is 4.55. The van der Waals surface area contributed by atoms with Gasteiger partial charge in [0.05, 0.1) is 15.2 Å². The molecular weight excluding hydrogens is 306 g/mol. The molecule has 0 spiro atoms. The van der Waals surface area contributed by atoms with Gasteiger partial charge < -0.3 is 5.32 Å². The molecule has 3 rings (SSSR count). The van der Waals surface area contributed by atoms with Crippen LogP contribution in [0.3, 0.4) is 0 Å². The van der Waals surface area contributed by atoms with Crippen molar-refractivity contribution in [3.05, 3.63) is 58.3 Å². The quantitative estimate of drug-likeness (QED) is 0.803. The van der Waals surface area contributed by atoms with E-state index in [0.717, 1.165) is 15.2 Å². The molecule has 0 radical (unpaired) electrons. The highest BCUT2D eigenvalue weighted by Gasteiger charge is 2.07. The first kappa shape index (κ1) is 14.0. The lowest BCUT2D eigenvalue weighted by molar-refractivity contribution is 0.0954. The van der Waals surface area contributed by atoms with E-state index in [1.165, 1.54) is 0 Å². The Morgan fingerprint density at radius 2 is 2.05 bits per heavy atom. The number of nitrogens with one attached hydrogen (secondary N) is 1. The van der Waals surface area contributed by atoms with Crippen LogP contribution in [0.15, 0.2) is 42.7 Å². The Balaban J connectivity index is 1.60. The van der Waals surface area contributed by atoms with Gasteiger partial charge in [0.15, 0.2) is 0 Å². The number of fused-ring (bicyclic) bond motifs is 1. The van der Waals surface area contributed by atoms with Crippen LogP contribution in [0.5, 0.6) is 0 Å². The minimum absolute atomic E-state index is 0.0958. The van der Waals surface area contributed by atoms with Crippen molar-refractivity contribution < 1.29 is 4.79 Å². The fraction of sp³-hybridized carbons (Fsp3) is 0.133. The highest BCUT2D eigenvalue weighted by Crippen LogP contribution is 2.25. The molecule has 106 valence electrons. The maximum absolute atomic E-state index is 11.9. The van der Waals surface area contributed by atoms with Gasteiger partial charge in [-0.25, -0.2) is 4.98 Å². The zero-order chi connectivity index (χ0) is 14.7. The molecule has 0 unspecified atom stereocenters. The third-order valence-corrected chi connectivity index (χ3v) is 4.29. The molecule has 0 saturated heterocycles. The van der Waals surface area contributed by atoms with Gasteiger partial charge in [-0.1, -0.05) is 11.6 Å². The van der Waals surface area contributed by atoms with Crippen LogP contribution in [-0.4, -0.2) is 22.4 Å². The van der Waals surface area contributed by atoms with Gasteiger partial charge in [0.2, 0.25) is 0 Å². The number of aromatic nitrogens is 2. The van der Waals surface area contributed by atoms with Crippen LogP contribution in [0.25, 0.3) is 10.2 Å². The van der Waals surface area contributed by atoms with Gasteiger partial charge in [-0.2, -0.15) is 0 Å². The minimum atomic E-state index is -0.0958. The minimum Gasteiger partial charge on any atom is -0.352 e. The Morgan fingerprint density at radius 3 is 2.86 bits per heavy atom. The molecule has 0 bridgehead atoms. The molecule has 1 amide bonds. The summed E-state index contributed by atoms with van der Waals surface area (Å²) in [6, 6.07) is 9.06. The zero-order valence-electron chi connectivity index (χ0n) is 11.0. The third-order valence-electron chi connectivity index (χ3n) is 2.96. The summed E-state index contributed by atoms with van der Waals surface area (Å²) in [4.78, 5) is 20.3. The number of thiazole rings is 1. The molecule has 2 heterocycles. The van der Waals surface area contributed by atoms with E-state index >= 15 is 0 Å². The maximum Gasteiger partial charge on any atom is 0.251 e. The standard InChI is InChI=1S/C15H12ClN3OS/c16-11-1-2-13-12(9-11)19-14(21-13)5-8-18-15(20)10-3-6-17-7-4-10/h1-4,6-7,9H,5,8H2,(H,18,20). The number of carbonyl (C=O) groups excluding carboxylic acids is 1. The number of amides is 1. The number of pyridine rings is 1. The number of hydrogen-bond donors (Lipinski definition) is 1. The van der Waals surface area contributed by atoms with E-state index < -0.39 is 0 Å². The zero-order valence-corrected chi connectivity index (χ0v) is 12.6. The topological polar surface area (TPSA) is 54.9 Å². The molecule has 0 aliphatic heterocycles. The van der Waals surface area contributed by atoms with Gasteiger partial charge in [0.1, 0.15) is 0 Å². The molecule has 2 aromatic heterocycles. The Bertz CT molecular complexity index is 773. The van der Waals surface area contributed by atoms with Crippen molar-refractivity contribution in [2.45, 2.75) is 6.42 Å². The summed E-state index contributed by atoms with van der Waals surface area (Å²) in [5.41, 5.74) is 1.52. The van der Waals surface area contributed by atoms with Crippen LogP contribution in [-0.2, 0) is 6.42 Å². The van der Waals surface area contributed by atoms with Gasteiger partial charge in [0.25, 0.3) is 5.91 Å². The molecule has 0 fully saturated rings. The number of nitrogens with zero attached hydrogens (tertiary/aromatic N) is 2. The van der Waals surface area contributed by atoms with Gasteiger partial charge in [0, 0.05) is 35.9 Å². The molecule has 1 N–H and O–H groups in total. The van der Waals surface area contributed by atoms with E-state index in [2.05, 4.69) is 15.3 Å². The summed E-state index contributed by atoms with van der Waals surface area (Å²) >= 11 is 7.57. The summed E-state index contributed by atoms with van der Waals surface area (Å²) in [6.45, 7) is 0.550. The summed E-state index contributed by atoms with van der Waals surface area (Å²) in [7, 11) is 0. The van der Waals surface area contributed by atoms with Gasteiger partial charge in [-0.15, -0.1) is 11.3 Å². The summed E-state index contributed by atoms with van der Waals surface area (Å²) in [6.07, 6.45) is 3.91. The smallest absolute Gasteiger partial charge is 0.251 e. The third kappa shape index (κ3) is 3.37. The van der Waals surface area contributed by atoms with Crippen molar-refractivity contribution in [1.29, 1.82) is 0 Å². The van der Waals surface area contributed by atoms with Crippen LogP contribution >= 0.6 is 22.9 Å². The molecular formula is C15H12ClN3OS. The Kier molecular flexibility index (Phi) is 4.13. The van der Waals surface area contributed by atoms with Gasteiger partial charge in [-0.05, 0) is 30.3 Å². The number of benzene rings is 1. The second kappa shape index (κ2) is 6.20. The second-order valence-corrected chi connectivity index (χ2v) is 6.01. The van der Waals surface area contributed by atoms with Crippen LogP contribution in [0.1, 0.15) is 15.4 Å². The fourth-order valence-corrected chi connectivity index (χ4v) is 3.06. The molecule has 4 nitrogen and oxygen atoms in total. The van der Waals surface area contributed by atoms with Gasteiger partial charge >= 0.3 is 0 Å². The van der Waals surface area contributed by atoms with Crippen molar-refractivity contribution >= 4 is 39.1 Å². The number of rotatable bonds is 4. The Hall–Kier alpha value is -1.98. The number of carbonyl (C=O) groups is 1. The molecule has 1 aromatic carbocycles. The first-order chi connectivity index (χ1) is 10.2. The molecule has 0 saturated carbocycles. The summed E-state index contributed by atoms with van der Waals surface area (Å²) < 4.78 is 1.11. The number of hydrogen-bond acceptors (Lipinski definition) is 4. The monoisotopic (exact) mass is 317 g/mol. The van der Waals surface area contributed by atoms with E-state index in [1.54, 1.807) is 35.9 Å². The van der Waals surface area contributed by atoms with E-state index in [4.69, 9.17) is 11.6 Å². The van der Waals surface area contributed by atoms with E-state index in [0.29, 0.717) is 23.6 Å². The predicted octanol–water partition coefficient (Wildman–Crippen LogP) is 3.32. The molecule has 6 heteroatoms. The van der Waals surface area contributed by atoms with Crippen LogP contribution in [0.4, 0.5) is 0 Å². The van der Waals surface area contributed by atoms with Crippen molar-refractivity contribution in [2.24, 2.45) is 0 Å². The SMILES string of the molecule is O=C(NCCc1nc2cc(Cl)ccc2s1)c1ccncc1. The lowest BCUT2D eigenvalue weighted by Crippen LogP contribution is -2.25. The molecule has 3 aromatic rings. The molecule has 21 heavy (non-hydrogen) atoms. The first-order valence-corrected chi connectivity index (χ1v) is 7.65. The van der Waals surface area contributed by atoms with Crippen LogP contribution in [0, 0.1) is 0 Å². The van der Waals surface area contributed by atoms with Crippen LogP contribution in [0.2, 0.25) is 5.02 Å². The largest absolute Gasteiger partial charge is 0.352 e. The van der Waals surface area contributed by atoms with Crippen molar-refractivity contribution in [3.63, 3.8) is 0 Å². The van der Waals surface area contributed by atoms with E-state index in [-0.39, 0.29) is 5.91 Å². The predicted molar refractivity (Wildman–Crippen MR) is 84.9 cm³/mol. The average molecular weight is 318 g/mol. The molecule has 0 aliphatic carbocycles. The number of halogens is 1. The first-order valence-electron chi connectivity index (χ1n) is 6.45. The highest BCUT2D eigenvalue weighted by atomic mass is 35.5. The van der Waals surface area contributed by atoms with Gasteiger partial charge in [-0.3, -0.25) is 9.78 Å². The highest BCUT2D eigenvalue weighted by molar-refractivity contribution is 7.18. The normalized spacial score (nSPS) is 10.7. The van der Waals surface area contributed by atoms with Crippen molar-refractivity contribution in [3.8, 4) is 0 Å². The van der Waals surface area contributed by atoms with Crippen LogP contribution < -0.4 is 5.32 Å². The maximum atomic E-state index is 11.9. The summed E-state index contributed by atoms with van der Waals surface area (Å²) in [5.74, 6) is -0.0958. The second-order valence-electron chi connectivity index (χ2n) is 4.46. The lowest BCUT2D eigenvalue weighted by Gasteiger charge is -2.03. The van der Waals surface area contributed by atoms with Crippen molar-refractivity contribution in [2.75, 3.05) is 6.54 Å².